The first kappa shape index (κ1) is 18.1. The summed E-state index contributed by atoms with van der Waals surface area (Å²) in [7, 11) is 0. The smallest absolute Gasteiger partial charge is 0.343 e. The maximum atomic E-state index is 13.4. The lowest BCUT2D eigenvalue weighted by Crippen LogP contribution is -2.48. The average molecular weight is 439 g/mol. The van der Waals surface area contributed by atoms with Crippen molar-refractivity contribution in [2.45, 2.75) is 6.18 Å². The van der Waals surface area contributed by atoms with E-state index < -0.39 is 17.0 Å². The van der Waals surface area contributed by atoms with Gasteiger partial charge in [0.05, 0.1) is 0 Å². The fourth-order valence-corrected chi connectivity index (χ4v) is 3.65. The third-order valence-electron chi connectivity index (χ3n) is 3.60. The highest BCUT2D eigenvalue weighted by Crippen LogP contribution is 2.34. The topological polar surface area (TPSA) is 49.3 Å². The van der Waals surface area contributed by atoms with E-state index in [0.717, 1.165) is 6.07 Å². The summed E-state index contributed by atoms with van der Waals surface area (Å²) >= 11 is 3.61. The summed E-state index contributed by atoms with van der Waals surface area (Å²) in [5, 5.41) is 5.91. The standard InChI is InChI=1S/C14H11BrF4N4OS/c15-9-5-8(6-10(16)7-9)11(24)22-1-3-23(4-2-22)13-21-20-12(25-13)14(17,18)19/h5-7H,1-4H2. The minimum Gasteiger partial charge on any atom is -0.343 e. The van der Waals surface area contributed by atoms with Gasteiger partial charge in [-0.1, -0.05) is 27.3 Å². The van der Waals surface area contributed by atoms with E-state index in [9.17, 15) is 22.4 Å². The zero-order valence-corrected chi connectivity index (χ0v) is 15.0. The first-order valence-electron chi connectivity index (χ1n) is 7.15. The van der Waals surface area contributed by atoms with Crippen LogP contribution in [0.2, 0.25) is 0 Å². The normalized spacial score (nSPS) is 15.6. The molecule has 0 spiro atoms. The van der Waals surface area contributed by atoms with Crippen molar-refractivity contribution in [2.24, 2.45) is 0 Å². The summed E-state index contributed by atoms with van der Waals surface area (Å²) in [5.41, 5.74) is 0.218. The van der Waals surface area contributed by atoms with Crippen molar-refractivity contribution in [3.05, 3.63) is 39.1 Å². The van der Waals surface area contributed by atoms with Crippen LogP contribution in [0.4, 0.5) is 22.7 Å². The summed E-state index contributed by atoms with van der Waals surface area (Å²) in [6.07, 6.45) is -4.52. The molecule has 5 nitrogen and oxygen atoms in total. The minimum atomic E-state index is -4.52. The van der Waals surface area contributed by atoms with Crippen LogP contribution in [0.15, 0.2) is 22.7 Å². The Kier molecular flexibility index (Phi) is 4.96. The first-order valence-corrected chi connectivity index (χ1v) is 8.76. The van der Waals surface area contributed by atoms with E-state index >= 15 is 0 Å². The Bertz CT molecular complexity index is 769. The van der Waals surface area contributed by atoms with Crippen molar-refractivity contribution in [1.29, 1.82) is 0 Å². The highest BCUT2D eigenvalue weighted by atomic mass is 79.9. The fraction of sp³-hybridized carbons (Fsp3) is 0.357. The molecule has 0 aliphatic carbocycles. The van der Waals surface area contributed by atoms with Crippen LogP contribution >= 0.6 is 27.3 Å². The molecule has 1 aromatic carbocycles. The van der Waals surface area contributed by atoms with Crippen LogP contribution in [0.5, 0.6) is 0 Å². The molecule has 2 heterocycles. The van der Waals surface area contributed by atoms with Crippen molar-refractivity contribution in [2.75, 3.05) is 31.1 Å². The molecule has 3 rings (SSSR count). The number of nitrogens with zero attached hydrogens (tertiary/aromatic N) is 4. The molecule has 1 aliphatic heterocycles. The molecule has 1 amide bonds. The predicted octanol–water partition coefficient (Wildman–Crippen LogP) is 3.42. The molecule has 0 unspecified atom stereocenters. The van der Waals surface area contributed by atoms with Gasteiger partial charge >= 0.3 is 6.18 Å². The zero-order chi connectivity index (χ0) is 18.2. The van der Waals surface area contributed by atoms with E-state index in [2.05, 4.69) is 26.1 Å². The van der Waals surface area contributed by atoms with Crippen molar-refractivity contribution in [3.63, 3.8) is 0 Å². The lowest BCUT2D eigenvalue weighted by molar-refractivity contribution is -0.138. The molecule has 11 heteroatoms. The van der Waals surface area contributed by atoms with Gasteiger partial charge in [-0.25, -0.2) is 4.39 Å². The molecule has 0 N–H and O–H groups in total. The number of amides is 1. The molecule has 2 aromatic rings. The van der Waals surface area contributed by atoms with Crippen LogP contribution in [0.25, 0.3) is 0 Å². The van der Waals surface area contributed by atoms with Gasteiger partial charge in [-0.3, -0.25) is 4.79 Å². The Morgan fingerprint density at radius 1 is 1.12 bits per heavy atom. The molecular formula is C14H11BrF4N4OS. The Balaban J connectivity index is 1.65. The Morgan fingerprint density at radius 2 is 1.80 bits per heavy atom. The van der Waals surface area contributed by atoms with E-state index in [1.54, 1.807) is 4.90 Å². The van der Waals surface area contributed by atoms with Gasteiger partial charge in [0.25, 0.3) is 5.91 Å². The van der Waals surface area contributed by atoms with Crippen molar-refractivity contribution >= 4 is 38.3 Å². The number of alkyl halides is 3. The summed E-state index contributed by atoms with van der Waals surface area (Å²) < 4.78 is 51.7. The molecule has 25 heavy (non-hydrogen) atoms. The predicted molar refractivity (Wildman–Crippen MR) is 87.1 cm³/mol. The highest BCUT2D eigenvalue weighted by Gasteiger charge is 2.36. The quantitative estimate of drug-likeness (QED) is 0.674. The first-order chi connectivity index (χ1) is 11.7. The summed E-state index contributed by atoms with van der Waals surface area (Å²) in [6.45, 7) is 1.26. The molecular weight excluding hydrogens is 428 g/mol. The number of rotatable bonds is 2. The molecule has 1 aliphatic rings. The van der Waals surface area contributed by atoms with Gasteiger partial charge < -0.3 is 9.80 Å². The van der Waals surface area contributed by atoms with Crippen LogP contribution in [0.3, 0.4) is 0 Å². The van der Waals surface area contributed by atoms with Gasteiger partial charge in [0, 0.05) is 36.2 Å². The van der Waals surface area contributed by atoms with Gasteiger partial charge in [0.1, 0.15) is 5.82 Å². The number of hydrogen-bond acceptors (Lipinski definition) is 5. The Labute approximate surface area is 152 Å². The number of anilines is 1. The van der Waals surface area contributed by atoms with Gasteiger partial charge in [-0.2, -0.15) is 13.2 Å². The molecule has 1 aromatic heterocycles. The third-order valence-corrected chi connectivity index (χ3v) is 5.09. The van der Waals surface area contributed by atoms with Gasteiger partial charge in [-0.15, -0.1) is 10.2 Å². The number of piperazine rings is 1. The number of halogens is 5. The molecule has 134 valence electrons. The SMILES string of the molecule is O=C(c1cc(F)cc(Br)c1)N1CCN(c2nnc(C(F)(F)F)s2)CC1. The van der Waals surface area contributed by atoms with Crippen molar-refractivity contribution < 1.29 is 22.4 Å². The van der Waals surface area contributed by atoms with Gasteiger partial charge in [0.15, 0.2) is 0 Å². The summed E-state index contributed by atoms with van der Waals surface area (Å²) in [4.78, 5) is 15.6. The second-order valence-electron chi connectivity index (χ2n) is 5.32. The lowest BCUT2D eigenvalue weighted by atomic mass is 10.2. The fourth-order valence-electron chi connectivity index (χ4n) is 2.42. The van der Waals surface area contributed by atoms with E-state index in [4.69, 9.17) is 0 Å². The van der Waals surface area contributed by atoms with Crippen LogP contribution < -0.4 is 4.90 Å². The van der Waals surface area contributed by atoms with Crippen LogP contribution in [0, 0.1) is 5.82 Å². The number of hydrogen-bond donors (Lipinski definition) is 0. The molecule has 0 atom stereocenters. The maximum Gasteiger partial charge on any atom is 0.445 e. The van der Waals surface area contributed by atoms with E-state index in [-0.39, 0.29) is 16.6 Å². The molecule has 0 radical (unpaired) electrons. The van der Waals surface area contributed by atoms with Crippen LogP contribution in [-0.2, 0) is 6.18 Å². The number of aromatic nitrogens is 2. The van der Waals surface area contributed by atoms with E-state index in [0.29, 0.717) is 42.0 Å². The monoisotopic (exact) mass is 438 g/mol. The molecule has 0 bridgehead atoms. The lowest BCUT2D eigenvalue weighted by Gasteiger charge is -2.34. The largest absolute Gasteiger partial charge is 0.445 e. The summed E-state index contributed by atoms with van der Waals surface area (Å²) in [6, 6.07) is 3.93. The molecule has 1 saturated heterocycles. The Hall–Kier alpha value is -1.75. The van der Waals surface area contributed by atoms with Crippen LogP contribution in [-0.4, -0.2) is 47.2 Å². The number of carbonyl (C=O) groups is 1. The molecule has 0 saturated carbocycles. The van der Waals surface area contributed by atoms with E-state index in [1.807, 2.05) is 0 Å². The molecule has 1 fully saturated rings. The van der Waals surface area contributed by atoms with Crippen LogP contribution in [0.1, 0.15) is 15.4 Å². The Morgan fingerprint density at radius 3 is 2.36 bits per heavy atom. The zero-order valence-electron chi connectivity index (χ0n) is 12.6. The van der Waals surface area contributed by atoms with Crippen molar-refractivity contribution in [1.82, 2.24) is 15.1 Å². The minimum absolute atomic E-state index is 0.174. The third kappa shape index (κ3) is 4.09. The second kappa shape index (κ2) is 6.87. The number of carbonyl (C=O) groups excluding carboxylic acids is 1. The highest BCUT2D eigenvalue weighted by molar-refractivity contribution is 9.10. The van der Waals surface area contributed by atoms with E-state index in [1.165, 1.54) is 17.0 Å². The van der Waals surface area contributed by atoms with Gasteiger partial charge in [0.2, 0.25) is 10.1 Å². The van der Waals surface area contributed by atoms with Gasteiger partial charge in [-0.05, 0) is 18.2 Å². The average Bonchev–Trinajstić information content (AvgIpc) is 3.03. The maximum absolute atomic E-state index is 13.4. The summed E-state index contributed by atoms with van der Waals surface area (Å²) in [5.74, 6) is -0.849. The van der Waals surface area contributed by atoms with Crippen molar-refractivity contribution in [3.8, 4) is 0 Å². The number of benzene rings is 1. The second-order valence-corrected chi connectivity index (χ2v) is 7.20.